The van der Waals surface area contributed by atoms with Gasteiger partial charge in [-0.25, -0.2) is 0 Å². The zero-order valence-electron chi connectivity index (χ0n) is 26.7. The maximum atomic E-state index is 2.24. The Hall–Kier alpha value is -2.34. The summed E-state index contributed by atoms with van der Waals surface area (Å²) in [5, 5.41) is 0. The lowest BCUT2D eigenvalue weighted by molar-refractivity contribution is 0.856. The second-order valence-corrected chi connectivity index (χ2v) is 9.15. The zero-order chi connectivity index (χ0) is 28.7. The Kier molecular flexibility index (Phi) is 30.2. The number of aryl methyl sites for hydroxylation is 3. The lowest BCUT2D eigenvalue weighted by Crippen LogP contribution is -1.89. The molecule has 0 heterocycles. The van der Waals surface area contributed by atoms with Gasteiger partial charge in [-0.3, -0.25) is 0 Å². The van der Waals surface area contributed by atoms with Gasteiger partial charge in [0.05, 0.1) is 0 Å². The fourth-order valence-corrected chi connectivity index (χ4v) is 3.22. The summed E-state index contributed by atoms with van der Waals surface area (Å²) < 4.78 is 0. The van der Waals surface area contributed by atoms with Gasteiger partial charge in [-0.15, -0.1) is 0 Å². The van der Waals surface area contributed by atoms with Gasteiger partial charge in [0.25, 0.3) is 0 Å². The minimum Gasteiger partial charge on any atom is -0.0776 e. The lowest BCUT2D eigenvalue weighted by Gasteiger charge is -2.07. The fourth-order valence-electron chi connectivity index (χ4n) is 3.22. The maximum absolute atomic E-state index is 2.24. The van der Waals surface area contributed by atoms with E-state index in [1.54, 1.807) is 0 Å². The minimum atomic E-state index is 0. The van der Waals surface area contributed by atoms with Gasteiger partial charge in [-0.05, 0) is 60.8 Å². The molecule has 0 nitrogen and oxygen atoms in total. The number of rotatable bonds is 3. The first-order valence-electron chi connectivity index (χ1n) is 14.3. The van der Waals surface area contributed by atoms with Crippen LogP contribution in [0.4, 0.5) is 0 Å². The number of hydrogen-bond acceptors (Lipinski definition) is 0. The molecule has 0 fully saturated rings. The van der Waals surface area contributed by atoms with Gasteiger partial charge in [-0.2, -0.15) is 0 Å². The van der Waals surface area contributed by atoms with Gasteiger partial charge in [0, 0.05) is 0 Å². The van der Waals surface area contributed by atoms with Gasteiger partial charge in [-0.1, -0.05) is 174 Å². The topological polar surface area (TPSA) is 0 Å². The molecule has 3 aromatic carbocycles. The first-order chi connectivity index (χ1) is 17.1. The van der Waals surface area contributed by atoms with Crippen LogP contribution in [0.1, 0.15) is 142 Å². The molecule has 0 atom stereocenters. The summed E-state index contributed by atoms with van der Waals surface area (Å²) in [6, 6.07) is 25.9. The molecule has 0 bridgehead atoms. The highest BCUT2D eigenvalue weighted by atomic mass is 14.0. The Morgan fingerprint density at radius 2 is 0.892 bits per heavy atom. The third-order valence-electron chi connectivity index (χ3n) is 5.26. The molecule has 37 heavy (non-hydrogen) atoms. The van der Waals surface area contributed by atoms with Crippen molar-refractivity contribution in [2.45, 2.75) is 129 Å². The van der Waals surface area contributed by atoms with E-state index >= 15 is 0 Å². The van der Waals surface area contributed by atoms with Crippen LogP contribution in [0.5, 0.6) is 0 Å². The van der Waals surface area contributed by atoms with Crippen molar-refractivity contribution in [2.24, 2.45) is 0 Å². The van der Waals surface area contributed by atoms with E-state index in [0.29, 0.717) is 17.8 Å². The average Bonchev–Trinajstić information content (AvgIpc) is 2.89. The van der Waals surface area contributed by atoms with Crippen LogP contribution >= 0.6 is 0 Å². The van der Waals surface area contributed by atoms with Crippen LogP contribution < -0.4 is 0 Å². The van der Waals surface area contributed by atoms with Crippen molar-refractivity contribution >= 4 is 0 Å². The van der Waals surface area contributed by atoms with Gasteiger partial charge >= 0.3 is 0 Å². The van der Waals surface area contributed by atoms with E-state index in [9.17, 15) is 0 Å². The second-order valence-electron chi connectivity index (χ2n) is 9.15. The summed E-state index contributed by atoms with van der Waals surface area (Å²) in [7, 11) is 0. The van der Waals surface area contributed by atoms with Crippen LogP contribution in [0.2, 0.25) is 0 Å². The molecule has 0 aliphatic rings. The molecule has 0 aliphatic carbocycles. The Morgan fingerprint density at radius 1 is 0.432 bits per heavy atom. The van der Waals surface area contributed by atoms with Crippen molar-refractivity contribution in [3.05, 3.63) is 106 Å². The summed E-state index contributed by atoms with van der Waals surface area (Å²) in [6.07, 6.45) is 0. The van der Waals surface area contributed by atoms with Crippen molar-refractivity contribution in [2.75, 3.05) is 0 Å². The highest BCUT2D eigenvalue weighted by molar-refractivity contribution is 5.28. The van der Waals surface area contributed by atoms with E-state index in [0.717, 1.165) is 0 Å². The van der Waals surface area contributed by atoms with Crippen molar-refractivity contribution < 1.29 is 0 Å². The van der Waals surface area contributed by atoms with Crippen LogP contribution in [-0.4, -0.2) is 0 Å². The SMILES string of the molecule is C.CC.CC.CC.Cc1ccc(C(C)C)cc1.Cc1cccc(C(C)C)c1.Cc1ccccc1C(C)C. The van der Waals surface area contributed by atoms with E-state index in [2.05, 4.69) is 135 Å². The Bertz CT molecular complexity index is 851. The summed E-state index contributed by atoms with van der Waals surface area (Å²) in [5.74, 6) is 1.96. The summed E-state index contributed by atoms with van der Waals surface area (Å²) >= 11 is 0. The molecule has 0 amide bonds. The molecule has 0 heteroatoms. The average molecular weight is 509 g/mol. The number of hydrogen-bond donors (Lipinski definition) is 0. The predicted molar refractivity (Wildman–Crippen MR) is 177 cm³/mol. The predicted octanol–water partition coefficient (Wildman–Crippen LogP) is 13.1. The van der Waals surface area contributed by atoms with E-state index in [-0.39, 0.29) is 7.43 Å². The summed E-state index contributed by atoms with van der Waals surface area (Å²) in [4.78, 5) is 0. The van der Waals surface area contributed by atoms with Gasteiger partial charge in [0.2, 0.25) is 0 Å². The molecule has 0 aromatic heterocycles. The number of benzene rings is 3. The second kappa shape index (κ2) is 26.7. The van der Waals surface area contributed by atoms with Crippen molar-refractivity contribution in [1.29, 1.82) is 0 Å². The van der Waals surface area contributed by atoms with Crippen molar-refractivity contribution in [3.63, 3.8) is 0 Å². The van der Waals surface area contributed by atoms with Crippen LogP contribution in [0.3, 0.4) is 0 Å². The molecular formula is C37H64. The fraction of sp³-hybridized carbons (Fsp3) is 0.514. The molecule has 0 unspecified atom stereocenters. The van der Waals surface area contributed by atoms with Gasteiger partial charge in [0.15, 0.2) is 0 Å². The monoisotopic (exact) mass is 509 g/mol. The van der Waals surface area contributed by atoms with Crippen molar-refractivity contribution in [3.8, 4) is 0 Å². The van der Waals surface area contributed by atoms with Crippen LogP contribution in [0, 0.1) is 20.8 Å². The van der Waals surface area contributed by atoms with Crippen LogP contribution in [0.25, 0.3) is 0 Å². The van der Waals surface area contributed by atoms with Gasteiger partial charge in [0.1, 0.15) is 0 Å². The van der Waals surface area contributed by atoms with Crippen LogP contribution in [0.15, 0.2) is 72.8 Å². The largest absolute Gasteiger partial charge is 0.0776 e. The first kappa shape index (κ1) is 41.8. The Balaban J connectivity index is -0.000000197. The molecule has 0 saturated carbocycles. The molecule has 3 aromatic rings. The van der Waals surface area contributed by atoms with E-state index in [1.807, 2.05) is 41.5 Å². The highest BCUT2D eigenvalue weighted by Gasteiger charge is 1.99. The molecule has 0 radical (unpaired) electrons. The van der Waals surface area contributed by atoms with E-state index < -0.39 is 0 Å². The van der Waals surface area contributed by atoms with E-state index in [4.69, 9.17) is 0 Å². The normalized spacial score (nSPS) is 8.92. The highest BCUT2D eigenvalue weighted by Crippen LogP contribution is 2.17. The third kappa shape index (κ3) is 20.4. The van der Waals surface area contributed by atoms with Crippen LogP contribution in [-0.2, 0) is 0 Å². The molecule has 0 saturated heterocycles. The minimum absolute atomic E-state index is 0. The first-order valence-corrected chi connectivity index (χ1v) is 14.3. The van der Waals surface area contributed by atoms with Gasteiger partial charge < -0.3 is 0 Å². The molecule has 0 N–H and O–H groups in total. The third-order valence-corrected chi connectivity index (χ3v) is 5.26. The Labute approximate surface area is 235 Å². The lowest BCUT2D eigenvalue weighted by atomic mass is 9.99. The summed E-state index contributed by atoms with van der Waals surface area (Å²) in [5.41, 5.74) is 8.40. The molecule has 3 rings (SSSR count). The van der Waals surface area contributed by atoms with Crippen molar-refractivity contribution in [1.82, 2.24) is 0 Å². The smallest absolute Gasteiger partial charge is 0.0216 e. The molecular weight excluding hydrogens is 444 g/mol. The molecule has 0 spiro atoms. The Morgan fingerprint density at radius 3 is 1.22 bits per heavy atom. The standard InChI is InChI=1S/3C10H14.3C2H6.CH4/c1-8(2)10-6-4-9(3)5-7-10;1-8(2)10-6-4-5-9(3)7-10;1-8(2)10-7-5-4-6-9(10)3;3*1-2;/h3*4-8H,1-3H3;3*1-2H3;1H4. The zero-order valence-corrected chi connectivity index (χ0v) is 26.7. The van der Waals surface area contributed by atoms with E-state index in [1.165, 1.54) is 33.4 Å². The summed E-state index contributed by atoms with van der Waals surface area (Å²) in [6.45, 7) is 31.7. The molecule has 0 aliphatic heterocycles. The maximum Gasteiger partial charge on any atom is -0.0216 e. The molecule has 212 valence electrons. The quantitative estimate of drug-likeness (QED) is 0.330.